The summed E-state index contributed by atoms with van der Waals surface area (Å²) in [4.78, 5) is 13.8. The summed E-state index contributed by atoms with van der Waals surface area (Å²) in [6.07, 6.45) is 0. The summed E-state index contributed by atoms with van der Waals surface area (Å²) in [6, 6.07) is 12.6. The lowest BCUT2D eigenvalue weighted by molar-refractivity contribution is 0.0780. The van der Waals surface area contributed by atoms with Crippen molar-refractivity contribution in [3.05, 3.63) is 69.4 Å². The van der Waals surface area contributed by atoms with E-state index in [0.29, 0.717) is 12.1 Å². The first-order valence-corrected chi connectivity index (χ1v) is 7.03. The van der Waals surface area contributed by atoms with E-state index in [9.17, 15) is 9.18 Å². The molecule has 2 aromatic rings. The van der Waals surface area contributed by atoms with Crippen LogP contribution >= 0.6 is 15.9 Å². The van der Waals surface area contributed by atoms with E-state index in [4.69, 9.17) is 0 Å². The lowest BCUT2D eigenvalue weighted by Gasteiger charge is -2.18. The number of hydrogen-bond acceptors (Lipinski definition) is 1. The minimum atomic E-state index is -0.444. The predicted octanol–water partition coefficient (Wildman–Crippen LogP) is 4.17. The summed E-state index contributed by atoms with van der Waals surface area (Å²) in [5.41, 5.74) is 1.59. The van der Waals surface area contributed by atoms with Gasteiger partial charge in [0.2, 0.25) is 0 Å². The van der Waals surface area contributed by atoms with Gasteiger partial charge in [0.25, 0.3) is 5.91 Å². The highest BCUT2D eigenvalue weighted by Gasteiger charge is 2.17. The Bertz CT molecular complexity index is 625. The molecule has 2 rings (SSSR count). The fraction of sp³-hybridized carbons (Fsp3) is 0.188. The van der Waals surface area contributed by atoms with Gasteiger partial charge in [-0.25, -0.2) is 4.39 Å². The molecule has 2 nitrogen and oxygen atoms in total. The number of benzene rings is 2. The summed E-state index contributed by atoms with van der Waals surface area (Å²) < 4.78 is 14.9. The molecule has 0 unspecified atom stereocenters. The molecule has 2 aromatic carbocycles. The van der Waals surface area contributed by atoms with Crippen LogP contribution in [0.5, 0.6) is 0 Å². The second kappa shape index (κ2) is 6.18. The van der Waals surface area contributed by atoms with Gasteiger partial charge in [-0.05, 0) is 36.2 Å². The van der Waals surface area contributed by atoms with Crippen LogP contribution in [0, 0.1) is 12.7 Å². The summed E-state index contributed by atoms with van der Waals surface area (Å²) >= 11 is 3.36. The Morgan fingerprint density at radius 2 is 1.85 bits per heavy atom. The van der Waals surface area contributed by atoms with Gasteiger partial charge < -0.3 is 4.90 Å². The molecule has 20 heavy (non-hydrogen) atoms. The van der Waals surface area contributed by atoms with Crippen molar-refractivity contribution in [2.45, 2.75) is 13.5 Å². The number of aryl methyl sites for hydroxylation is 1. The van der Waals surface area contributed by atoms with E-state index in [1.807, 2.05) is 24.3 Å². The molecule has 0 saturated heterocycles. The summed E-state index contributed by atoms with van der Waals surface area (Å²) in [5.74, 6) is -0.755. The Morgan fingerprint density at radius 1 is 1.20 bits per heavy atom. The SMILES string of the molecule is Cc1cccc(C(=O)N(C)Cc2ccc(Br)cc2)c1F. The van der Waals surface area contributed by atoms with Crippen LogP contribution in [0.4, 0.5) is 4.39 Å². The van der Waals surface area contributed by atoms with Gasteiger partial charge in [0, 0.05) is 18.1 Å². The van der Waals surface area contributed by atoms with Crippen molar-refractivity contribution < 1.29 is 9.18 Å². The molecule has 0 aromatic heterocycles. The van der Waals surface area contributed by atoms with Crippen LogP contribution in [0.1, 0.15) is 21.5 Å². The van der Waals surface area contributed by atoms with Gasteiger partial charge in [-0.3, -0.25) is 4.79 Å². The maximum atomic E-state index is 14.0. The number of amides is 1. The molecule has 0 heterocycles. The van der Waals surface area contributed by atoms with Crippen molar-refractivity contribution in [3.8, 4) is 0 Å². The number of carbonyl (C=O) groups excluding carboxylic acids is 1. The Labute approximate surface area is 126 Å². The van der Waals surface area contributed by atoms with E-state index in [1.165, 1.54) is 11.0 Å². The zero-order chi connectivity index (χ0) is 14.7. The third kappa shape index (κ3) is 3.25. The fourth-order valence-electron chi connectivity index (χ4n) is 1.95. The molecule has 1 amide bonds. The largest absolute Gasteiger partial charge is 0.337 e. The third-order valence-electron chi connectivity index (χ3n) is 3.10. The first kappa shape index (κ1) is 14.7. The van der Waals surface area contributed by atoms with Crippen LogP contribution < -0.4 is 0 Å². The van der Waals surface area contributed by atoms with E-state index < -0.39 is 5.82 Å². The van der Waals surface area contributed by atoms with Crippen LogP contribution in [0.3, 0.4) is 0 Å². The van der Waals surface area contributed by atoms with Gasteiger partial charge in [0.1, 0.15) is 5.82 Å². The molecule has 0 saturated carbocycles. The monoisotopic (exact) mass is 335 g/mol. The highest BCUT2D eigenvalue weighted by Crippen LogP contribution is 2.16. The van der Waals surface area contributed by atoms with Crippen molar-refractivity contribution in [2.75, 3.05) is 7.05 Å². The quantitative estimate of drug-likeness (QED) is 0.824. The van der Waals surface area contributed by atoms with Gasteiger partial charge in [0.15, 0.2) is 0 Å². The molecule has 0 radical (unpaired) electrons. The molecule has 0 bridgehead atoms. The van der Waals surface area contributed by atoms with E-state index in [0.717, 1.165) is 10.0 Å². The summed E-state index contributed by atoms with van der Waals surface area (Å²) in [5, 5.41) is 0. The highest BCUT2D eigenvalue weighted by molar-refractivity contribution is 9.10. The fourth-order valence-corrected chi connectivity index (χ4v) is 2.22. The molecule has 104 valence electrons. The lowest BCUT2D eigenvalue weighted by Crippen LogP contribution is -2.27. The zero-order valence-electron chi connectivity index (χ0n) is 11.4. The van der Waals surface area contributed by atoms with E-state index in [1.54, 1.807) is 26.1 Å². The van der Waals surface area contributed by atoms with Crippen molar-refractivity contribution in [1.29, 1.82) is 0 Å². The Morgan fingerprint density at radius 3 is 2.50 bits per heavy atom. The topological polar surface area (TPSA) is 20.3 Å². The van der Waals surface area contributed by atoms with Crippen LogP contribution in [0.15, 0.2) is 46.9 Å². The standard InChI is InChI=1S/C16H15BrFNO/c1-11-4-3-5-14(15(11)18)16(20)19(2)10-12-6-8-13(17)9-7-12/h3-9H,10H2,1-2H3. The van der Waals surface area contributed by atoms with Gasteiger partial charge in [-0.2, -0.15) is 0 Å². The normalized spacial score (nSPS) is 10.4. The minimum Gasteiger partial charge on any atom is -0.337 e. The number of halogens is 2. The average Bonchev–Trinajstić information content (AvgIpc) is 2.43. The van der Waals surface area contributed by atoms with E-state index >= 15 is 0 Å². The molecule has 0 spiro atoms. The smallest absolute Gasteiger partial charge is 0.256 e. The minimum absolute atomic E-state index is 0.115. The first-order valence-electron chi connectivity index (χ1n) is 6.24. The first-order chi connectivity index (χ1) is 9.49. The zero-order valence-corrected chi connectivity index (χ0v) is 12.9. The van der Waals surface area contributed by atoms with Crippen molar-refractivity contribution in [2.24, 2.45) is 0 Å². The number of rotatable bonds is 3. The lowest BCUT2D eigenvalue weighted by atomic mass is 10.1. The van der Waals surface area contributed by atoms with Gasteiger partial charge in [0.05, 0.1) is 5.56 Å². The van der Waals surface area contributed by atoms with Crippen LogP contribution in [-0.2, 0) is 6.54 Å². The van der Waals surface area contributed by atoms with Gasteiger partial charge in [-0.1, -0.05) is 40.2 Å². The second-order valence-corrected chi connectivity index (χ2v) is 5.64. The van der Waals surface area contributed by atoms with Gasteiger partial charge in [-0.15, -0.1) is 0 Å². The number of carbonyl (C=O) groups is 1. The molecule has 0 fully saturated rings. The Balaban J connectivity index is 2.16. The molecular formula is C16H15BrFNO. The number of nitrogens with zero attached hydrogens (tertiary/aromatic N) is 1. The van der Waals surface area contributed by atoms with E-state index in [-0.39, 0.29) is 11.5 Å². The average molecular weight is 336 g/mol. The molecule has 0 N–H and O–H groups in total. The van der Waals surface area contributed by atoms with Crippen LogP contribution in [0.25, 0.3) is 0 Å². The predicted molar refractivity (Wildman–Crippen MR) is 81.1 cm³/mol. The second-order valence-electron chi connectivity index (χ2n) is 4.72. The highest BCUT2D eigenvalue weighted by atomic mass is 79.9. The van der Waals surface area contributed by atoms with Crippen LogP contribution in [0.2, 0.25) is 0 Å². The van der Waals surface area contributed by atoms with E-state index in [2.05, 4.69) is 15.9 Å². The molecule has 0 aliphatic carbocycles. The molecule has 0 aliphatic rings. The van der Waals surface area contributed by atoms with Crippen molar-refractivity contribution in [3.63, 3.8) is 0 Å². The molecule has 0 atom stereocenters. The van der Waals surface area contributed by atoms with Crippen molar-refractivity contribution in [1.82, 2.24) is 4.90 Å². The summed E-state index contributed by atoms with van der Waals surface area (Å²) in [6.45, 7) is 2.10. The van der Waals surface area contributed by atoms with Crippen molar-refractivity contribution >= 4 is 21.8 Å². The third-order valence-corrected chi connectivity index (χ3v) is 3.63. The Hall–Kier alpha value is -1.68. The number of hydrogen-bond donors (Lipinski definition) is 0. The molecule has 0 aliphatic heterocycles. The van der Waals surface area contributed by atoms with Crippen LogP contribution in [-0.4, -0.2) is 17.9 Å². The molecular weight excluding hydrogens is 321 g/mol. The molecule has 4 heteroatoms. The Kier molecular flexibility index (Phi) is 4.55. The van der Waals surface area contributed by atoms with Gasteiger partial charge >= 0.3 is 0 Å². The maximum Gasteiger partial charge on any atom is 0.256 e. The maximum absolute atomic E-state index is 14.0. The summed E-state index contributed by atoms with van der Waals surface area (Å²) in [7, 11) is 1.67.